The molecule has 0 spiro atoms. The van der Waals surface area contributed by atoms with E-state index in [-0.39, 0.29) is 6.61 Å². The molecule has 2 rings (SSSR count). The Bertz CT molecular complexity index is 798. The molecule has 0 aliphatic rings. The van der Waals surface area contributed by atoms with Gasteiger partial charge in [0.1, 0.15) is 23.7 Å². The van der Waals surface area contributed by atoms with Crippen LogP contribution < -0.4 is 15.2 Å². The third-order valence-corrected chi connectivity index (χ3v) is 3.42. The van der Waals surface area contributed by atoms with Gasteiger partial charge in [0, 0.05) is 11.6 Å². The Morgan fingerprint density at radius 2 is 1.84 bits per heavy atom. The molecule has 2 N–H and O–H groups in total. The van der Waals surface area contributed by atoms with E-state index in [2.05, 4.69) is 0 Å². The van der Waals surface area contributed by atoms with Gasteiger partial charge in [-0.05, 0) is 35.9 Å². The van der Waals surface area contributed by atoms with E-state index in [0.717, 1.165) is 11.1 Å². The van der Waals surface area contributed by atoms with Crippen molar-refractivity contribution in [2.24, 2.45) is 5.73 Å². The number of hydrogen-bond donors (Lipinski definition) is 1. The Morgan fingerprint density at radius 3 is 2.52 bits per heavy atom. The smallest absolute Gasteiger partial charge is 0.341 e. The fourth-order valence-electron chi connectivity index (χ4n) is 2.22. The molecule has 0 aromatic heterocycles. The Balaban J connectivity index is 2.24. The fraction of sp³-hybridized carbons (Fsp3) is 0.158. The molecule has 25 heavy (non-hydrogen) atoms. The highest BCUT2D eigenvalue weighted by Gasteiger charge is 2.13. The van der Waals surface area contributed by atoms with Crippen molar-refractivity contribution in [3.8, 4) is 11.5 Å². The van der Waals surface area contributed by atoms with Crippen molar-refractivity contribution in [1.29, 1.82) is 0 Å². The first-order chi connectivity index (χ1) is 12.0. The number of hydrogen-bond acceptors (Lipinski definition) is 5. The minimum absolute atomic E-state index is 0.176. The molecule has 0 unspecified atom stereocenters. The fourth-order valence-corrected chi connectivity index (χ4v) is 2.22. The van der Waals surface area contributed by atoms with Crippen molar-refractivity contribution in [2.45, 2.75) is 6.61 Å². The third-order valence-electron chi connectivity index (χ3n) is 3.42. The summed E-state index contributed by atoms with van der Waals surface area (Å²) in [5.41, 5.74) is 6.99. The molecule has 130 valence electrons. The molecule has 0 atom stereocenters. The minimum atomic E-state index is -0.527. The van der Waals surface area contributed by atoms with Crippen LogP contribution >= 0.6 is 0 Å². The number of para-hydroxylation sites is 1. The number of esters is 1. The van der Waals surface area contributed by atoms with Gasteiger partial charge < -0.3 is 19.9 Å². The zero-order valence-corrected chi connectivity index (χ0v) is 14.0. The Morgan fingerprint density at radius 1 is 1.08 bits per heavy atom. The van der Waals surface area contributed by atoms with Gasteiger partial charge in [-0.1, -0.05) is 18.2 Å². The van der Waals surface area contributed by atoms with Gasteiger partial charge in [0.05, 0.1) is 14.2 Å². The second-order valence-corrected chi connectivity index (χ2v) is 5.08. The third kappa shape index (κ3) is 4.84. The van der Waals surface area contributed by atoms with E-state index in [1.165, 1.54) is 13.2 Å². The van der Waals surface area contributed by atoms with Crippen molar-refractivity contribution in [3.63, 3.8) is 0 Å². The summed E-state index contributed by atoms with van der Waals surface area (Å²) >= 11 is 0. The van der Waals surface area contributed by atoms with Crippen molar-refractivity contribution >= 4 is 18.0 Å². The highest BCUT2D eigenvalue weighted by atomic mass is 16.5. The second-order valence-electron chi connectivity index (χ2n) is 5.08. The van der Waals surface area contributed by atoms with E-state index in [9.17, 15) is 9.59 Å². The maximum Gasteiger partial charge on any atom is 0.341 e. The van der Waals surface area contributed by atoms with E-state index in [4.69, 9.17) is 19.9 Å². The molecule has 2 aromatic rings. The number of benzene rings is 2. The van der Waals surface area contributed by atoms with Gasteiger partial charge in [-0.3, -0.25) is 4.79 Å². The molecule has 0 saturated carbocycles. The number of primary amides is 1. The molecule has 6 nitrogen and oxygen atoms in total. The van der Waals surface area contributed by atoms with Gasteiger partial charge in [0.2, 0.25) is 5.91 Å². The SMILES string of the molecule is COC(=O)c1ccccc1OCc1cc(/C=C\C(N)=O)ccc1OC. The van der Waals surface area contributed by atoms with E-state index < -0.39 is 11.9 Å². The van der Waals surface area contributed by atoms with Gasteiger partial charge in [-0.2, -0.15) is 0 Å². The van der Waals surface area contributed by atoms with Gasteiger partial charge >= 0.3 is 5.97 Å². The summed E-state index contributed by atoms with van der Waals surface area (Å²) < 4.78 is 15.8. The number of amides is 1. The van der Waals surface area contributed by atoms with Crippen molar-refractivity contribution < 1.29 is 23.8 Å². The summed E-state index contributed by atoms with van der Waals surface area (Å²) in [6.45, 7) is 0.176. The quantitative estimate of drug-likeness (QED) is 0.618. The molecule has 0 radical (unpaired) electrons. The van der Waals surface area contributed by atoms with Crippen LogP contribution in [0.15, 0.2) is 48.5 Å². The maximum atomic E-state index is 11.8. The molecular formula is C19H19NO5. The highest BCUT2D eigenvalue weighted by Crippen LogP contribution is 2.25. The van der Waals surface area contributed by atoms with E-state index in [1.807, 2.05) is 6.07 Å². The maximum absolute atomic E-state index is 11.8. The molecule has 0 bridgehead atoms. The number of rotatable bonds is 7. The number of ether oxygens (including phenoxy) is 3. The topological polar surface area (TPSA) is 87.9 Å². The molecule has 0 aliphatic heterocycles. The number of nitrogens with two attached hydrogens (primary N) is 1. The summed E-state index contributed by atoms with van der Waals surface area (Å²) in [6, 6.07) is 12.2. The molecule has 0 saturated heterocycles. The van der Waals surface area contributed by atoms with Crippen LogP contribution in [0.5, 0.6) is 11.5 Å². The van der Waals surface area contributed by atoms with E-state index in [0.29, 0.717) is 17.1 Å². The van der Waals surface area contributed by atoms with Crippen LogP contribution in [-0.2, 0) is 16.1 Å². The van der Waals surface area contributed by atoms with Crippen molar-refractivity contribution in [2.75, 3.05) is 14.2 Å². The largest absolute Gasteiger partial charge is 0.496 e. The molecular weight excluding hydrogens is 322 g/mol. The van der Waals surface area contributed by atoms with Gasteiger partial charge in [-0.25, -0.2) is 4.79 Å². The first-order valence-electron chi connectivity index (χ1n) is 7.49. The standard InChI is InChI=1S/C19H19NO5/c1-23-16-9-7-13(8-10-18(20)21)11-14(16)12-25-17-6-4-3-5-15(17)19(22)24-2/h3-11H,12H2,1-2H3,(H2,20,21)/b10-8-. The molecule has 2 aromatic carbocycles. The summed E-state index contributed by atoms with van der Waals surface area (Å²) in [5.74, 6) is 0.0441. The van der Waals surface area contributed by atoms with Crippen LogP contribution in [0.25, 0.3) is 6.08 Å². The number of carbonyl (C=O) groups is 2. The first kappa shape index (κ1) is 18.1. The van der Waals surface area contributed by atoms with Gasteiger partial charge in [-0.15, -0.1) is 0 Å². The van der Waals surface area contributed by atoms with Crippen LogP contribution in [0.1, 0.15) is 21.5 Å². The molecule has 0 aliphatic carbocycles. The lowest BCUT2D eigenvalue weighted by atomic mass is 10.1. The molecule has 6 heteroatoms. The van der Waals surface area contributed by atoms with E-state index >= 15 is 0 Å². The zero-order valence-electron chi connectivity index (χ0n) is 14.0. The lowest BCUT2D eigenvalue weighted by Gasteiger charge is -2.13. The molecule has 1 amide bonds. The summed E-state index contributed by atoms with van der Waals surface area (Å²) in [7, 11) is 2.87. The van der Waals surface area contributed by atoms with Crippen LogP contribution in [0.3, 0.4) is 0 Å². The monoisotopic (exact) mass is 341 g/mol. The van der Waals surface area contributed by atoms with Crippen LogP contribution in [0, 0.1) is 0 Å². The Kier molecular flexibility index (Phi) is 6.17. The van der Waals surface area contributed by atoms with Crippen molar-refractivity contribution in [1.82, 2.24) is 0 Å². The summed E-state index contributed by atoms with van der Waals surface area (Å²) in [4.78, 5) is 22.7. The van der Waals surface area contributed by atoms with Crippen molar-refractivity contribution in [3.05, 3.63) is 65.2 Å². The number of methoxy groups -OCH3 is 2. The summed E-state index contributed by atoms with van der Waals surface area (Å²) in [5, 5.41) is 0. The highest BCUT2D eigenvalue weighted by molar-refractivity contribution is 5.92. The molecule has 0 heterocycles. The predicted molar refractivity (Wildman–Crippen MR) is 93.3 cm³/mol. The summed E-state index contributed by atoms with van der Waals surface area (Å²) in [6.07, 6.45) is 2.88. The predicted octanol–water partition coefficient (Wildman–Crippen LogP) is 2.56. The van der Waals surface area contributed by atoms with Crippen LogP contribution in [-0.4, -0.2) is 26.1 Å². The minimum Gasteiger partial charge on any atom is -0.496 e. The first-order valence-corrected chi connectivity index (χ1v) is 7.49. The van der Waals surface area contributed by atoms with Crippen LogP contribution in [0.4, 0.5) is 0 Å². The zero-order chi connectivity index (χ0) is 18.2. The van der Waals surface area contributed by atoms with E-state index in [1.54, 1.807) is 49.6 Å². The van der Waals surface area contributed by atoms with Crippen LogP contribution in [0.2, 0.25) is 0 Å². The number of carbonyl (C=O) groups excluding carboxylic acids is 2. The Hall–Kier alpha value is -3.28. The average molecular weight is 341 g/mol. The Labute approximate surface area is 145 Å². The lowest BCUT2D eigenvalue weighted by Crippen LogP contribution is -2.06. The average Bonchev–Trinajstić information content (AvgIpc) is 2.64. The normalized spacial score (nSPS) is 10.5. The lowest BCUT2D eigenvalue weighted by molar-refractivity contribution is -0.113. The second kappa shape index (κ2) is 8.54. The van der Waals surface area contributed by atoms with Gasteiger partial charge in [0.15, 0.2) is 0 Å². The van der Waals surface area contributed by atoms with Gasteiger partial charge in [0.25, 0.3) is 0 Å². The molecule has 0 fully saturated rings.